The summed E-state index contributed by atoms with van der Waals surface area (Å²) in [5.74, 6) is 0.888. The summed E-state index contributed by atoms with van der Waals surface area (Å²) in [6, 6.07) is 18.7. The largest absolute Gasteiger partial charge is 0.511 e. The van der Waals surface area contributed by atoms with Gasteiger partial charge in [-0.15, -0.1) is 0 Å². The maximum atomic E-state index is 11.0. The van der Waals surface area contributed by atoms with Crippen LogP contribution in [0.25, 0.3) is 22.5 Å². The molecular weight excluding hydrogens is 374 g/mol. The third-order valence-electron chi connectivity index (χ3n) is 4.40. The molecule has 5 heteroatoms. The average molecular weight is 396 g/mol. The first-order valence-corrected chi connectivity index (χ1v) is 9.56. The summed E-state index contributed by atoms with van der Waals surface area (Å²) >= 11 is 5.96. The zero-order valence-electron chi connectivity index (χ0n) is 15.9. The fraction of sp³-hybridized carbons (Fsp3) is 0.217. The van der Waals surface area contributed by atoms with E-state index in [9.17, 15) is 4.79 Å². The molecule has 1 heterocycles. The molecule has 0 saturated heterocycles. The standard InChI is InChI=1S/C23H22ClNO3/c1-15(2)3-4-16-5-7-17(8-6-16)21-13-20(28-23(26)27)14-22(25-21)18-9-11-19(24)12-10-18/h5-15H,3-4H2,1-2H3,(H,26,27). The average Bonchev–Trinajstić information content (AvgIpc) is 2.66. The van der Waals surface area contributed by atoms with E-state index in [1.165, 1.54) is 5.56 Å². The molecule has 0 radical (unpaired) electrons. The normalized spacial score (nSPS) is 10.9. The van der Waals surface area contributed by atoms with Crippen molar-refractivity contribution in [3.63, 3.8) is 0 Å². The Labute approximate surface area is 169 Å². The van der Waals surface area contributed by atoms with Gasteiger partial charge in [0.05, 0.1) is 11.4 Å². The minimum Gasteiger partial charge on any atom is -0.449 e. The third kappa shape index (κ3) is 5.33. The Morgan fingerprint density at radius 3 is 2.04 bits per heavy atom. The van der Waals surface area contributed by atoms with Gasteiger partial charge < -0.3 is 9.84 Å². The summed E-state index contributed by atoms with van der Waals surface area (Å²) in [5.41, 5.74) is 4.27. The smallest absolute Gasteiger partial charge is 0.449 e. The van der Waals surface area contributed by atoms with E-state index in [1.807, 2.05) is 24.3 Å². The number of nitrogens with zero attached hydrogens (tertiary/aromatic N) is 1. The Balaban J connectivity index is 1.96. The first-order valence-electron chi connectivity index (χ1n) is 9.19. The number of hydrogen-bond acceptors (Lipinski definition) is 3. The van der Waals surface area contributed by atoms with Crippen LogP contribution in [0.5, 0.6) is 5.75 Å². The second-order valence-electron chi connectivity index (χ2n) is 7.08. The molecule has 28 heavy (non-hydrogen) atoms. The maximum absolute atomic E-state index is 11.0. The highest BCUT2D eigenvalue weighted by Gasteiger charge is 2.11. The minimum atomic E-state index is -1.36. The Morgan fingerprint density at radius 1 is 1.00 bits per heavy atom. The lowest BCUT2D eigenvalue weighted by molar-refractivity contribution is 0.144. The zero-order chi connectivity index (χ0) is 20.1. The molecule has 3 rings (SSSR count). The summed E-state index contributed by atoms with van der Waals surface area (Å²) in [5, 5.41) is 9.63. The maximum Gasteiger partial charge on any atom is 0.511 e. The highest BCUT2D eigenvalue weighted by molar-refractivity contribution is 6.30. The molecular formula is C23H22ClNO3. The number of rotatable bonds is 6. The summed E-state index contributed by atoms with van der Waals surface area (Å²) in [7, 11) is 0. The van der Waals surface area contributed by atoms with Crippen molar-refractivity contribution >= 4 is 17.8 Å². The van der Waals surface area contributed by atoms with Gasteiger partial charge in [0.25, 0.3) is 0 Å². The first-order chi connectivity index (χ1) is 13.4. The Bertz CT molecular complexity index is 951. The van der Waals surface area contributed by atoms with Crippen LogP contribution >= 0.6 is 11.6 Å². The lowest BCUT2D eigenvalue weighted by Gasteiger charge is -2.10. The Morgan fingerprint density at radius 2 is 1.54 bits per heavy atom. The third-order valence-corrected chi connectivity index (χ3v) is 4.66. The van der Waals surface area contributed by atoms with Crippen LogP contribution < -0.4 is 4.74 Å². The van der Waals surface area contributed by atoms with Crippen LogP contribution in [0.15, 0.2) is 60.7 Å². The van der Waals surface area contributed by atoms with E-state index in [2.05, 4.69) is 26.0 Å². The van der Waals surface area contributed by atoms with Crippen LogP contribution in [0.2, 0.25) is 5.02 Å². The zero-order valence-corrected chi connectivity index (χ0v) is 16.6. The number of aromatic nitrogens is 1. The number of carbonyl (C=O) groups is 1. The molecule has 4 nitrogen and oxygen atoms in total. The second kappa shape index (κ2) is 8.89. The van der Waals surface area contributed by atoms with Gasteiger partial charge in [0.15, 0.2) is 0 Å². The van der Waals surface area contributed by atoms with Gasteiger partial charge in [-0.25, -0.2) is 9.78 Å². The van der Waals surface area contributed by atoms with Crippen molar-refractivity contribution in [2.75, 3.05) is 0 Å². The fourth-order valence-corrected chi connectivity index (χ4v) is 3.01. The van der Waals surface area contributed by atoms with E-state index in [0.717, 1.165) is 24.0 Å². The van der Waals surface area contributed by atoms with Crippen molar-refractivity contribution in [1.29, 1.82) is 0 Å². The molecule has 0 saturated carbocycles. The van der Waals surface area contributed by atoms with Gasteiger partial charge in [-0.2, -0.15) is 0 Å². The van der Waals surface area contributed by atoms with E-state index < -0.39 is 6.16 Å². The molecule has 2 aromatic carbocycles. The summed E-state index contributed by atoms with van der Waals surface area (Å²) in [6.45, 7) is 4.43. The van der Waals surface area contributed by atoms with E-state index in [0.29, 0.717) is 22.3 Å². The lowest BCUT2D eigenvalue weighted by atomic mass is 10.0. The number of carboxylic acid groups (broad SMARTS) is 1. The number of ether oxygens (including phenoxy) is 1. The topological polar surface area (TPSA) is 59.4 Å². The number of halogens is 1. The molecule has 0 aliphatic rings. The molecule has 0 unspecified atom stereocenters. The molecule has 0 bridgehead atoms. The van der Waals surface area contributed by atoms with Gasteiger partial charge >= 0.3 is 6.16 Å². The molecule has 0 aliphatic heterocycles. The van der Waals surface area contributed by atoms with Crippen molar-refractivity contribution in [3.05, 3.63) is 71.2 Å². The van der Waals surface area contributed by atoms with E-state index >= 15 is 0 Å². The Kier molecular flexibility index (Phi) is 6.32. The van der Waals surface area contributed by atoms with Crippen molar-refractivity contribution in [1.82, 2.24) is 4.98 Å². The molecule has 0 amide bonds. The van der Waals surface area contributed by atoms with Gasteiger partial charge in [-0.05, 0) is 36.5 Å². The Hall–Kier alpha value is -2.85. The van der Waals surface area contributed by atoms with E-state index in [-0.39, 0.29) is 5.75 Å². The first kappa shape index (κ1) is 19.9. The highest BCUT2D eigenvalue weighted by atomic mass is 35.5. The van der Waals surface area contributed by atoms with Crippen molar-refractivity contribution in [2.24, 2.45) is 5.92 Å². The molecule has 0 fully saturated rings. The number of pyridine rings is 1. The quantitative estimate of drug-likeness (QED) is 0.471. The monoisotopic (exact) mass is 395 g/mol. The number of benzene rings is 2. The predicted octanol–water partition coefficient (Wildman–Crippen LogP) is 6.71. The summed E-state index contributed by atoms with van der Waals surface area (Å²) < 4.78 is 4.90. The SMILES string of the molecule is CC(C)CCc1ccc(-c2cc(OC(=O)O)cc(-c3ccc(Cl)cc3)n2)cc1. The molecule has 0 aliphatic carbocycles. The van der Waals surface area contributed by atoms with Gasteiger partial charge in [-0.3, -0.25) is 0 Å². The minimum absolute atomic E-state index is 0.228. The molecule has 0 spiro atoms. The van der Waals surface area contributed by atoms with Crippen LogP contribution in [0.3, 0.4) is 0 Å². The van der Waals surface area contributed by atoms with Crippen LogP contribution in [-0.4, -0.2) is 16.2 Å². The molecule has 1 N–H and O–H groups in total. The van der Waals surface area contributed by atoms with Gasteiger partial charge in [0.2, 0.25) is 0 Å². The molecule has 1 aromatic heterocycles. The van der Waals surface area contributed by atoms with E-state index in [4.69, 9.17) is 26.4 Å². The van der Waals surface area contributed by atoms with Gasteiger partial charge in [-0.1, -0.05) is 61.8 Å². The van der Waals surface area contributed by atoms with Crippen LogP contribution in [0.1, 0.15) is 25.8 Å². The van der Waals surface area contributed by atoms with Crippen molar-refractivity contribution in [3.8, 4) is 28.3 Å². The van der Waals surface area contributed by atoms with Crippen LogP contribution in [0, 0.1) is 5.92 Å². The summed E-state index contributed by atoms with van der Waals surface area (Å²) in [4.78, 5) is 15.7. The summed E-state index contributed by atoms with van der Waals surface area (Å²) in [6.07, 6.45) is 0.812. The highest BCUT2D eigenvalue weighted by Crippen LogP contribution is 2.29. The number of hydrogen-bond donors (Lipinski definition) is 1. The fourth-order valence-electron chi connectivity index (χ4n) is 2.88. The van der Waals surface area contributed by atoms with Crippen molar-refractivity contribution < 1.29 is 14.6 Å². The molecule has 0 atom stereocenters. The van der Waals surface area contributed by atoms with Gasteiger partial charge in [0, 0.05) is 28.3 Å². The van der Waals surface area contributed by atoms with Crippen LogP contribution in [-0.2, 0) is 6.42 Å². The van der Waals surface area contributed by atoms with Gasteiger partial charge in [0.1, 0.15) is 5.75 Å². The molecule has 3 aromatic rings. The van der Waals surface area contributed by atoms with Crippen molar-refractivity contribution in [2.45, 2.75) is 26.7 Å². The predicted molar refractivity (Wildman–Crippen MR) is 112 cm³/mol. The second-order valence-corrected chi connectivity index (χ2v) is 7.51. The molecule has 144 valence electrons. The lowest BCUT2D eigenvalue weighted by Crippen LogP contribution is -2.04. The number of aryl methyl sites for hydroxylation is 1. The van der Waals surface area contributed by atoms with E-state index in [1.54, 1.807) is 24.3 Å². The van der Waals surface area contributed by atoms with Crippen LogP contribution in [0.4, 0.5) is 4.79 Å².